The summed E-state index contributed by atoms with van der Waals surface area (Å²) in [5.74, 6) is -2.94. The van der Waals surface area contributed by atoms with Crippen molar-refractivity contribution in [1.29, 1.82) is 0 Å². The molecule has 7 N–H and O–H groups in total. The molecule has 0 aliphatic heterocycles. The van der Waals surface area contributed by atoms with E-state index in [4.69, 9.17) is 16.6 Å². The molecule has 0 atom stereocenters. The number of nitro groups is 2. The molecule has 714 valence electrons. The second kappa shape index (κ2) is 43.1. The Balaban J connectivity index is 0.000000280. The Morgan fingerprint density at radius 1 is 0.409 bits per heavy atom. The first kappa shape index (κ1) is 108. The van der Waals surface area contributed by atoms with Crippen LogP contribution in [-0.2, 0) is 93.3 Å². The molecular weight excluding hydrogens is 1960 g/mol. The van der Waals surface area contributed by atoms with Crippen molar-refractivity contribution < 1.29 is 175 Å². The Hall–Kier alpha value is -14.1. The van der Waals surface area contributed by atoms with Crippen LogP contribution < -0.4 is 16.8 Å². The minimum atomic E-state index is -5.01. The summed E-state index contributed by atoms with van der Waals surface area (Å²) in [5, 5.41) is 57.8. The summed E-state index contributed by atoms with van der Waals surface area (Å²) >= 11 is 2.79. The third-order valence-corrected chi connectivity index (χ3v) is 16.7. The van der Waals surface area contributed by atoms with E-state index in [2.05, 4.69) is 71.2 Å². The highest BCUT2D eigenvalue weighted by Gasteiger charge is 2.44. The number of alkyl halides is 31. The normalized spacial score (nSPS) is 11.9. The Labute approximate surface area is 727 Å². The lowest BCUT2D eigenvalue weighted by Crippen LogP contribution is -2.15. The Morgan fingerprint density at radius 3 is 0.939 bits per heavy atom. The number of aromatic nitrogens is 12. The maximum Gasteiger partial charge on any atom is 0.416 e. The number of carbonyl (C=O) groups is 4. The largest absolute Gasteiger partial charge is 0.476 e. The molecule has 7 aromatic heterocycles. The molecule has 0 radical (unpaired) electrons. The number of carboxylic acids is 1. The summed E-state index contributed by atoms with van der Waals surface area (Å²) in [4.78, 5) is 63.0. The number of nitrogens with two attached hydrogens (primary N) is 2. The molecule has 0 spiro atoms. The van der Waals surface area contributed by atoms with Gasteiger partial charge in [-0.3, -0.25) is 58.4 Å². The van der Waals surface area contributed by atoms with Gasteiger partial charge in [0, 0.05) is 49.9 Å². The fourth-order valence-electron chi connectivity index (χ4n) is 10.1. The third-order valence-electron chi connectivity index (χ3n) is 16.1. The lowest BCUT2D eigenvalue weighted by Gasteiger charge is -2.16. The molecule has 0 fully saturated rings. The van der Waals surface area contributed by atoms with Crippen LogP contribution in [0.3, 0.4) is 0 Å². The van der Waals surface area contributed by atoms with Gasteiger partial charge in [-0.2, -0.15) is 157 Å². The van der Waals surface area contributed by atoms with Crippen LogP contribution in [0.5, 0.6) is 0 Å². The van der Waals surface area contributed by atoms with Gasteiger partial charge < -0.3 is 30.9 Å². The highest BCUT2D eigenvalue weighted by atomic mass is 79.9. The van der Waals surface area contributed by atoms with Gasteiger partial charge in [0.05, 0.1) is 134 Å². The molecule has 0 saturated carbocycles. The van der Waals surface area contributed by atoms with Crippen molar-refractivity contribution in [1.82, 2.24) is 59.6 Å². The van der Waals surface area contributed by atoms with Crippen molar-refractivity contribution >= 4 is 80.2 Å². The number of halogens is 32. The molecule has 0 bridgehead atoms. The Kier molecular flexibility index (Phi) is 35.4. The van der Waals surface area contributed by atoms with Crippen LogP contribution in [0.2, 0.25) is 0 Å². The number of rotatable bonds is 16. The van der Waals surface area contributed by atoms with Crippen LogP contribution in [0.25, 0.3) is 0 Å². The van der Waals surface area contributed by atoms with Crippen LogP contribution in [0.15, 0.2) is 174 Å². The van der Waals surface area contributed by atoms with E-state index in [1.54, 1.807) is 0 Å². The molecule has 7 heterocycles. The fourth-order valence-corrected chi connectivity index (χ4v) is 10.5. The average molecular weight is 2020 g/mol. The first-order valence-corrected chi connectivity index (χ1v) is 35.5. The molecule has 28 nitrogen and oxygen atoms in total. The van der Waals surface area contributed by atoms with E-state index >= 15 is 0 Å². The highest BCUT2D eigenvalue weighted by Crippen LogP contribution is 2.44. The Bertz CT molecular complexity index is 5820. The number of aromatic amines is 1. The van der Waals surface area contributed by atoms with Crippen LogP contribution in [0.4, 0.5) is 160 Å². The zero-order valence-electron chi connectivity index (χ0n) is 64.7. The van der Waals surface area contributed by atoms with Crippen LogP contribution in [-0.4, -0.2) is 98.0 Å². The van der Waals surface area contributed by atoms with Gasteiger partial charge in [0.1, 0.15) is 18.6 Å². The number of H-pyrrole nitrogens is 1. The van der Waals surface area contributed by atoms with Crippen molar-refractivity contribution in [3.8, 4) is 0 Å². The smallest absolute Gasteiger partial charge is 0.416 e. The van der Waals surface area contributed by atoms with Crippen LogP contribution in [0, 0.1) is 20.2 Å². The highest BCUT2D eigenvalue weighted by molar-refractivity contribution is 9.08. The number of carboxylic acid groups (broad SMARTS) is 1. The van der Waals surface area contributed by atoms with Gasteiger partial charge in [0.2, 0.25) is 11.5 Å². The molecule has 0 aliphatic carbocycles. The van der Waals surface area contributed by atoms with Crippen molar-refractivity contribution in [2.24, 2.45) is 0 Å². The summed E-state index contributed by atoms with van der Waals surface area (Å²) in [7, 11) is 0. The van der Waals surface area contributed by atoms with Gasteiger partial charge in [-0.25, -0.2) is 4.79 Å². The van der Waals surface area contributed by atoms with E-state index in [1.165, 1.54) is 51.0 Å². The molecule has 12 rings (SSSR count). The number of Topliss-reactive ketones (excluding diaryl/α,β-unsaturated/α-hetero) is 2. The standard InChI is InChI=1S/C18H12F6N4O3.C12H7F6N3O2.2C12H9F6N3.C9H5BrF6.C6H5NO4.C3H3N3O2.ClH/c1-9(29)15-5-14(27-31-15)16(30)26-12-6-25-28(8-12)7-10-2-3-11(17(19,20)21)4-13(10)18(22,23)24;13-11(14,15)8-2-1-7(10(3-8)12(16,17)18)5-20-6-9(4-19-20)21(22)23;2*13-11(14,15)8-2-1-7(10(3-8)12(16,17)18)5-21-6-9(19)4-20-21;10-4-5-1-2-6(8(11,12)13)3-7(5)9(14,15)16;1-3(8)5-2-4(6(9)10)7-11-5;7-6(8)3-1-4-5-2-3;/h2-6,8H,7H2,1H3,(H,26,30);1-4,6H,5H2;2*1-4,6H,5,19H2;1-3H,4H2;2H,1H3,(H,9,10);1-2H,(H,4,5);1H. The Morgan fingerprint density at radius 2 is 0.697 bits per heavy atom. The second-order valence-electron chi connectivity index (χ2n) is 25.7. The van der Waals surface area contributed by atoms with Crippen molar-refractivity contribution in [3.63, 3.8) is 0 Å². The SMILES string of the molecule is CC(=O)c1cc(C(=O)Nc2cnn(Cc3ccc(C(F)(F)F)cc3C(F)(F)F)c2)no1.CC(=O)c1cc(C(=O)O)no1.Cl.FC(F)(F)c1ccc(CBr)c(C(F)(F)F)c1.Nc1cnn(Cc2ccc(C(F)(F)F)cc2C(F)(F)F)c1.Nc1cnn(Cc2ccc(C(F)(F)F)cc2C(F)(F)F)c1.O=[N+]([O-])c1cn[nH]c1.O=[N+]([O-])c1cnn(Cc2ccc(C(F)(F)F)cc2C(F)(F)F)c1. The first-order valence-electron chi connectivity index (χ1n) is 34.4. The number of nitrogen functional groups attached to an aromatic ring is 2. The van der Waals surface area contributed by atoms with Crippen LogP contribution in [0.1, 0.15) is 139 Å². The van der Waals surface area contributed by atoms with Gasteiger partial charge in [0.15, 0.2) is 23.0 Å². The summed E-state index contributed by atoms with van der Waals surface area (Å²) in [6, 6.07) is 9.30. The maximum absolute atomic E-state index is 13.2. The predicted octanol–water partition coefficient (Wildman–Crippen LogP) is 21.3. The van der Waals surface area contributed by atoms with E-state index in [-0.39, 0.29) is 129 Å². The van der Waals surface area contributed by atoms with E-state index < -0.39 is 175 Å². The van der Waals surface area contributed by atoms with Gasteiger partial charge in [-0.15, -0.1) is 12.4 Å². The lowest BCUT2D eigenvalue weighted by molar-refractivity contribution is -0.385. The summed E-state index contributed by atoms with van der Waals surface area (Å²) in [6.45, 7) is 0.769. The zero-order chi connectivity index (χ0) is 99.0. The summed E-state index contributed by atoms with van der Waals surface area (Å²) in [6.07, 6.45) is -37.4. The van der Waals surface area contributed by atoms with E-state index in [0.29, 0.717) is 36.4 Å². The lowest BCUT2D eigenvalue weighted by atomic mass is 10.0. The number of carbonyl (C=O) groups excluding carboxylic acids is 3. The van der Waals surface area contributed by atoms with Crippen molar-refractivity contribution in [2.75, 3.05) is 16.8 Å². The topological polar surface area (TPSA) is 391 Å². The number of benzene rings is 5. The number of aromatic carboxylic acids is 1. The monoisotopic (exact) mass is 2010 g/mol. The van der Waals surface area contributed by atoms with E-state index in [1.807, 2.05) is 0 Å². The van der Waals surface area contributed by atoms with Gasteiger partial charge in [0.25, 0.3) is 5.91 Å². The minimum Gasteiger partial charge on any atom is -0.476 e. The second-order valence-corrected chi connectivity index (χ2v) is 26.3. The predicted molar refractivity (Wildman–Crippen MR) is 396 cm³/mol. The molecule has 12 aromatic rings. The number of anilines is 3. The van der Waals surface area contributed by atoms with Gasteiger partial charge in [-0.05, 0) is 88.5 Å². The summed E-state index contributed by atoms with van der Waals surface area (Å²) in [5.41, 5.74) is -5.07. The van der Waals surface area contributed by atoms with Crippen molar-refractivity contribution in [3.05, 3.63) is 292 Å². The number of ketones is 2. The van der Waals surface area contributed by atoms with Crippen LogP contribution >= 0.6 is 28.3 Å². The number of amides is 1. The van der Waals surface area contributed by atoms with Crippen molar-refractivity contribution in [2.45, 2.75) is 107 Å². The molecular formula is C72H51BrClF30N17O11. The molecule has 60 heteroatoms. The van der Waals surface area contributed by atoms with Gasteiger partial charge in [-0.1, -0.05) is 56.6 Å². The zero-order valence-corrected chi connectivity index (χ0v) is 67.1. The first-order chi connectivity index (χ1) is 60.0. The van der Waals surface area contributed by atoms with E-state index in [9.17, 15) is 171 Å². The summed E-state index contributed by atoms with van der Waals surface area (Å²) < 4.78 is 394. The number of nitrogens with one attached hydrogen (secondary N) is 2. The fraction of sp³-hybridized carbons (Fsp3) is 0.236. The molecule has 0 saturated heterocycles. The molecule has 1 amide bonds. The molecule has 5 aromatic carbocycles. The minimum absolute atomic E-state index is 0. The molecule has 0 unspecified atom stereocenters. The molecule has 0 aliphatic rings. The third kappa shape index (κ3) is 32.2. The quantitative estimate of drug-likeness (QED) is 0.0197. The van der Waals surface area contributed by atoms with E-state index in [0.717, 1.165) is 79.9 Å². The maximum atomic E-state index is 13.2. The number of hydrogen-bond donors (Lipinski definition) is 5. The van der Waals surface area contributed by atoms with Gasteiger partial charge >= 0.3 is 79.1 Å². The average Bonchev–Trinajstić information content (AvgIpc) is 0.840. The number of nitrogens with zero attached hydrogens (tertiary/aromatic N) is 13. The number of hydrogen-bond acceptors (Lipinski definition) is 19. The molecule has 132 heavy (non-hydrogen) atoms.